The van der Waals surface area contributed by atoms with Crippen LogP contribution in [0.15, 0.2) is 44.8 Å². The quantitative estimate of drug-likeness (QED) is 0.500. The summed E-state index contributed by atoms with van der Waals surface area (Å²) in [6.07, 6.45) is 4.56. The van der Waals surface area contributed by atoms with Crippen molar-refractivity contribution in [1.82, 2.24) is 14.7 Å². The summed E-state index contributed by atoms with van der Waals surface area (Å²) < 4.78 is 6.79. The average Bonchev–Trinajstić information content (AvgIpc) is 3.34. The zero-order valence-electron chi connectivity index (χ0n) is 15.7. The summed E-state index contributed by atoms with van der Waals surface area (Å²) in [6.45, 7) is 1.77. The molecule has 28 heavy (non-hydrogen) atoms. The Hall–Kier alpha value is -2.61. The highest BCUT2D eigenvalue weighted by Gasteiger charge is 2.23. The molecule has 0 saturated heterocycles. The van der Waals surface area contributed by atoms with E-state index in [0.29, 0.717) is 39.8 Å². The van der Waals surface area contributed by atoms with Crippen LogP contribution < -0.4 is 10.9 Å². The topological polar surface area (TPSA) is 90.0 Å². The van der Waals surface area contributed by atoms with Crippen LogP contribution in [-0.4, -0.2) is 26.4 Å². The van der Waals surface area contributed by atoms with Crippen LogP contribution in [0.25, 0.3) is 10.9 Å². The van der Waals surface area contributed by atoms with Crippen molar-refractivity contribution in [2.24, 2.45) is 0 Å². The fourth-order valence-electron chi connectivity index (χ4n) is 3.58. The Morgan fingerprint density at radius 1 is 1.32 bits per heavy atom. The summed E-state index contributed by atoms with van der Waals surface area (Å²) in [5.74, 6) is 1.45. The lowest BCUT2D eigenvalue weighted by atomic mass is 10.2. The fraction of sp³-hybridized carbons (Fsp3) is 0.400. The molecule has 1 amide bonds. The van der Waals surface area contributed by atoms with Gasteiger partial charge in [-0.2, -0.15) is 0 Å². The SMILES string of the molecule is Cc1cc(NC(=O)CCSc2nc3ccccc3c(=O)n2C2CCCC2)no1. The summed E-state index contributed by atoms with van der Waals surface area (Å²) in [7, 11) is 0. The Labute approximate surface area is 166 Å². The molecule has 0 spiro atoms. The zero-order chi connectivity index (χ0) is 19.5. The van der Waals surface area contributed by atoms with Gasteiger partial charge in [-0.25, -0.2) is 4.98 Å². The maximum atomic E-state index is 13.1. The third-order valence-corrected chi connectivity index (χ3v) is 5.88. The van der Waals surface area contributed by atoms with Crippen molar-refractivity contribution < 1.29 is 9.32 Å². The number of carbonyl (C=O) groups is 1. The van der Waals surface area contributed by atoms with E-state index in [0.717, 1.165) is 25.7 Å². The molecule has 0 atom stereocenters. The predicted molar refractivity (Wildman–Crippen MR) is 109 cm³/mol. The van der Waals surface area contributed by atoms with E-state index in [-0.39, 0.29) is 17.5 Å². The van der Waals surface area contributed by atoms with E-state index in [1.807, 2.05) is 28.8 Å². The van der Waals surface area contributed by atoms with Gasteiger partial charge in [0, 0.05) is 24.3 Å². The van der Waals surface area contributed by atoms with Crippen LogP contribution in [0, 0.1) is 6.92 Å². The number of amides is 1. The first-order valence-corrected chi connectivity index (χ1v) is 10.5. The maximum Gasteiger partial charge on any atom is 0.262 e. The van der Waals surface area contributed by atoms with Gasteiger partial charge in [-0.15, -0.1) is 0 Å². The molecule has 0 radical (unpaired) electrons. The third kappa shape index (κ3) is 3.96. The second-order valence-corrected chi connectivity index (χ2v) is 8.06. The zero-order valence-corrected chi connectivity index (χ0v) is 16.5. The van der Waals surface area contributed by atoms with Gasteiger partial charge in [0.05, 0.1) is 10.9 Å². The van der Waals surface area contributed by atoms with Crippen molar-refractivity contribution in [3.8, 4) is 0 Å². The first-order valence-electron chi connectivity index (χ1n) is 9.49. The molecule has 0 unspecified atom stereocenters. The van der Waals surface area contributed by atoms with Crippen molar-refractivity contribution in [2.45, 2.75) is 50.2 Å². The molecule has 7 nitrogen and oxygen atoms in total. The average molecular weight is 398 g/mol. The van der Waals surface area contributed by atoms with E-state index in [1.54, 1.807) is 13.0 Å². The summed E-state index contributed by atoms with van der Waals surface area (Å²) in [5, 5.41) is 7.82. The summed E-state index contributed by atoms with van der Waals surface area (Å²) in [4.78, 5) is 30.0. The van der Waals surface area contributed by atoms with Crippen molar-refractivity contribution in [3.63, 3.8) is 0 Å². The van der Waals surface area contributed by atoms with Crippen LogP contribution in [-0.2, 0) is 4.79 Å². The Balaban J connectivity index is 1.51. The van der Waals surface area contributed by atoms with Crippen molar-refractivity contribution in [3.05, 3.63) is 46.4 Å². The largest absolute Gasteiger partial charge is 0.360 e. The van der Waals surface area contributed by atoms with Gasteiger partial charge >= 0.3 is 0 Å². The second-order valence-electron chi connectivity index (χ2n) is 6.99. The first kappa shape index (κ1) is 18.7. The highest BCUT2D eigenvalue weighted by Crippen LogP contribution is 2.32. The van der Waals surface area contributed by atoms with E-state index in [1.165, 1.54) is 11.8 Å². The number of nitrogens with one attached hydrogen (secondary N) is 1. The maximum absolute atomic E-state index is 13.1. The van der Waals surface area contributed by atoms with Crippen molar-refractivity contribution in [1.29, 1.82) is 0 Å². The molecule has 2 heterocycles. The van der Waals surface area contributed by atoms with Crippen molar-refractivity contribution >= 4 is 34.4 Å². The van der Waals surface area contributed by atoms with E-state index in [4.69, 9.17) is 9.51 Å². The number of anilines is 1. The van der Waals surface area contributed by atoms with E-state index in [9.17, 15) is 9.59 Å². The lowest BCUT2D eigenvalue weighted by Crippen LogP contribution is -2.26. The molecule has 146 valence electrons. The monoisotopic (exact) mass is 398 g/mol. The third-order valence-electron chi connectivity index (χ3n) is 4.92. The van der Waals surface area contributed by atoms with Gasteiger partial charge in [0.15, 0.2) is 11.0 Å². The Kier molecular flexibility index (Phi) is 5.47. The van der Waals surface area contributed by atoms with Gasteiger partial charge < -0.3 is 9.84 Å². The highest BCUT2D eigenvalue weighted by molar-refractivity contribution is 7.99. The molecule has 1 fully saturated rings. The summed E-state index contributed by atoms with van der Waals surface area (Å²) in [5.41, 5.74) is 0.717. The van der Waals surface area contributed by atoms with Crippen LogP contribution in [0.5, 0.6) is 0 Å². The normalized spacial score (nSPS) is 14.6. The lowest BCUT2D eigenvalue weighted by molar-refractivity contribution is -0.115. The molecule has 1 saturated carbocycles. The molecule has 2 aromatic heterocycles. The molecule has 0 aliphatic heterocycles. The Morgan fingerprint density at radius 3 is 2.86 bits per heavy atom. The number of aryl methyl sites for hydroxylation is 1. The lowest BCUT2D eigenvalue weighted by Gasteiger charge is -2.18. The molecular formula is C20H22N4O3S. The number of nitrogens with zero attached hydrogens (tertiary/aromatic N) is 3. The number of aromatic nitrogens is 3. The van der Waals surface area contributed by atoms with Crippen LogP contribution in [0.1, 0.15) is 43.9 Å². The van der Waals surface area contributed by atoms with Gasteiger partial charge in [-0.3, -0.25) is 14.2 Å². The van der Waals surface area contributed by atoms with Crippen LogP contribution in [0.2, 0.25) is 0 Å². The first-order chi connectivity index (χ1) is 13.6. The predicted octanol–water partition coefficient (Wildman–Crippen LogP) is 3.93. The molecule has 4 rings (SSSR count). The summed E-state index contributed by atoms with van der Waals surface area (Å²) >= 11 is 1.45. The van der Waals surface area contributed by atoms with E-state index in [2.05, 4.69) is 10.5 Å². The van der Waals surface area contributed by atoms with Crippen LogP contribution in [0.4, 0.5) is 5.82 Å². The Bertz CT molecular complexity index is 1050. The molecule has 1 aliphatic carbocycles. The van der Waals surface area contributed by atoms with Gasteiger partial charge in [-0.05, 0) is 31.9 Å². The van der Waals surface area contributed by atoms with E-state index >= 15 is 0 Å². The minimum atomic E-state index is -0.142. The highest BCUT2D eigenvalue weighted by atomic mass is 32.2. The number of hydrogen-bond acceptors (Lipinski definition) is 6. The molecule has 1 aromatic carbocycles. The van der Waals surface area contributed by atoms with E-state index < -0.39 is 0 Å². The molecule has 0 bridgehead atoms. The number of carbonyl (C=O) groups excluding carboxylic acids is 1. The van der Waals surface area contributed by atoms with Crippen LogP contribution >= 0.6 is 11.8 Å². The minimum absolute atomic E-state index is 0.0162. The Morgan fingerprint density at radius 2 is 2.11 bits per heavy atom. The molecule has 3 aromatic rings. The van der Waals surface area contributed by atoms with Crippen molar-refractivity contribution in [2.75, 3.05) is 11.1 Å². The number of rotatable bonds is 6. The molecular weight excluding hydrogens is 376 g/mol. The molecule has 1 N–H and O–H groups in total. The number of thioether (sulfide) groups is 1. The minimum Gasteiger partial charge on any atom is -0.360 e. The number of fused-ring (bicyclic) bond motifs is 1. The number of para-hydroxylation sites is 1. The number of hydrogen-bond donors (Lipinski definition) is 1. The second kappa shape index (κ2) is 8.18. The molecule has 1 aliphatic rings. The van der Waals surface area contributed by atoms with Gasteiger partial charge in [0.2, 0.25) is 5.91 Å². The summed E-state index contributed by atoms with van der Waals surface area (Å²) in [6, 6.07) is 9.31. The fourth-order valence-corrected chi connectivity index (χ4v) is 4.58. The van der Waals surface area contributed by atoms with Gasteiger partial charge in [0.1, 0.15) is 5.76 Å². The molecule has 8 heteroatoms. The standard InChI is InChI=1S/C20H22N4O3S/c1-13-12-17(23-27-13)22-18(25)10-11-28-20-21-16-9-5-4-8-15(16)19(26)24(20)14-6-2-3-7-14/h4-5,8-9,12,14H,2-3,6-7,10-11H2,1H3,(H,22,23,25). The smallest absolute Gasteiger partial charge is 0.262 e. The number of benzene rings is 1. The van der Waals surface area contributed by atoms with Crippen LogP contribution in [0.3, 0.4) is 0 Å². The van der Waals surface area contributed by atoms with Gasteiger partial charge in [-0.1, -0.05) is 41.9 Å². The van der Waals surface area contributed by atoms with Gasteiger partial charge in [0.25, 0.3) is 5.56 Å².